The standard InChI is InChI=1S/C17H32O2/c1-6-9-10-13(4)11-16(18)17(19)12-15(8-3)14(5)7-2/h13-15H,6-12H2,1-5H3. The minimum absolute atomic E-state index is 0.143. The van der Waals surface area contributed by atoms with Crippen LogP contribution < -0.4 is 0 Å². The van der Waals surface area contributed by atoms with Gasteiger partial charge in [-0.1, -0.05) is 66.7 Å². The number of carbonyl (C=O) groups excluding carboxylic acids is 2. The van der Waals surface area contributed by atoms with E-state index in [4.69, 9.17) is 0 Å². The Kier molecular flexibility index (Phi) is 9.81. The molecule has 19 heavy (non-hydrogen) atoms. The molecule has 0 aliphatic rings. The molecule has 0 aromatic heterocycles. The second-order valence-corrected chi connectivity index (χ2v) is 6.06. The van der Waals surface area contributed by atoms with Crippen molar-refractivity contribution in [1.29, 1.82) is 0 Å². The molecule has 0 heterocycles. The largest absolute Gasteiger partial charge is 0.291 e. The minimum atomic E-state index is -0.148. The third-order valence-corrected chi connectivity index (χ3v) is 4.32. The van der Waals surface area contributed by atoms with Gasteiger partial charge in [0.2, 0.25) is 0 Å². The van der Waals surface area contributed by atoms with Crippen molar-refractivity contribution in [2.45, 2.75) is 79.6 Å². The van der Waals surface area contributed by atoms with Crippen LogP contribution >= 0.6 is 0 Å². The molecule has 0 saturated carbocycles. The van der Waals surface area contributed by atoms with Crippen molar-refractivity contribution in [2.75, 3.05) is 0 Å². The fourth-order valence-electron chi connectivity index (χ4n) is 2.52. The van der Waals surface area contributed by atoms with Crippen LogP contribution in [0.1, 0.15) is 79.6 Å². The van der Waals surface area contributed by atoms with Gasteiger partial charge in [-0.3, -0.25) is 9.59 Å². The molecule has 2 nitrogen and oxygen atoms in total. The maximum absolute atomic E-state index is 12.0. The van der Waals surface area contributed by atoms with Crippen LogP contribution in [0.2, 0.25) is 0 Å². The Morgan fingerprint density at radius 3 is 1.95 bits per heavy atom. The lowest BCUT2D eigenvalue weighted by Crippen LogP contribution is -2.22. The Morgan fingerprint density at radius 2 is 1.47 bits per heavy atom. The summed E-state index contributed by atoms with van der Waals surface area (Å²) < 4.78 is 0. The van der Waals surface area contributed by atoms with Crippen molar-refractivity contribution in [1.82, 2.24) is 0 Å². The van der Waals surface area contributed by atoms with E-state index in [1.807, 2.05) is 0 Å². The molecular weight excluding hydrogens is 236 g/mol. The van der Waals surface area contributed by atoms with Crippen molar-refractivity contribution >= 4 is 11.6 Å². The molecule has 3 unspecified atom stereocenters. The first-order chi connectivity index (χ1) is 8.96. The highest BCUT2D eigenvalue weighted by Crippen LogP contribution is 2.23. The maximum atomic E-state index is 12.0. The molecule has 2 heteroatoms. The number of rotatable bonds is 11. The molecule has 0 aliphatic heterocycles. The van der Waals surface area contributed by atoms with Gasteiger partial charge in [0.25, 0.3) is 0 Å². The highest BCUT2D eigenvalue weighted by Gasteiger charge is 2.23. The van der Waals surface area contributed by atoms with Gasteiger partial charge >= 0.3 is 0 Å². The zero-order chi connectivity index (χ0) is 14.8. The molecule has 0 fully saturated rings. The normalized spacial score (nSPS) is 15.8. The Bertz CT molecular complexity index is 270. The molecule has 0 aromatic carbocycles. The van der Waals surface area contributed by atoms with Crippen LogP contribution in [0.5, 0.6) is 0 Å². The van der Waals surface area contributed by atoms with Gasteiger partial charge in [-0.05, 0) is 17.8 Å². The van der Waals surface area contributed by atoms with Crippen LogP contribution in [0.4, 0.5) is 0 Å². The highest BCUT2D eigenvalue weighted by atomic mass is 16.2. The van der Waals surface area contributed by atoms with E-state index in [1.165, 1.54) is 0 Å². The van der Waals surface area contributed by atoms with Crippen LogP contribution in [-0.4, -0.2) is 11.6 Å². The smallest absolute Gasteiger partial charge is 0.198 e. The van der Waals surface area contributed by atoms with Crippen LogP contribution in [-0.2, 0) is 9.59 Å². The molecule has 0 rings (SSSR count). The summed E-state index contributed by atoms with van der Waals surface area (Å²) in [6.07, 6.45) is 6.30. The summed E-state index contributed by atoms with van der Waals surface area (Å²) in [5, 5.41) is 0. The van der Waals surface area contributed by atoms with Crippen molar-refractivity contribution in [3.63, 3.8) is 0 Å². The first-order valence-electron chi connectivity index (χ1n) is 8.02. The van der Waals surface area contributed by atoms with Crippen molar-refractivity contribution in [3.05, 3.63) is 0 Å². The number of hydrogen-bond acceptors (Lipinski definition) is 2. The van der Waals surface area contributed by atoms with Gasteiger partial charge in [0.1, 0.15) is 0 Å². The maximum Gasteiger partial charge on any atom is 0.198 e. The van der Waals surface area contributed by atoms with Crippen LogP contribution in [0.3, 0.4) is 0 Å². The van der Waals surface area contributed by atoms with Crippen molar-refractivity contribution in [3.8, 4) is 0 Å². The average molecular weight is 268 g/mol. The van der Waals surface area contributed by atoms with E-state index >= 15 is 0 Å². The van der Waals surface area contributed by atoms with Gasteiger partial charge in [-0.2, -0.15) is 0 Å². The fraction of sp³-hybridized carbons (Fsp3) is 0.882. The van der Waals surface area contributed by atoms with Crippen LogP contribution in [0, 0.1) is 17.8 Å². The number of unbranched alkanes of at least 4 members (excludes halogenated alkanes) is 1. The zero-order valence-corrected chi connectivity index (χ0v) is 13.5. The molecule has 3 atom stereocenters. The lowest BCUT2D eigenvalue weighted by molar-refractivity contribution is -0.137. The van der Waals surface area contributed by atoms with E-state index < -0.39 is 0 Å². The fourth-order valence-corrected chi connectivity index (χ4v) is 2.52. The summed E-state index contributed by atoms with van der Waals surface area (Å²) in [7, 11) is 0. The van der Waals surface area contributed by atoms with Gasteiger partial charge in [-0.15, -0.1) is 0 Å². The van der Waals surface area contributed by atoms with Crippen LogP contribution in [0.15, 0.2) is 0 Å². The molecule has 0 bridgehead atoms. The molecular formula is C17H32O2. The molecule has 112 valence electrons. The Morgan fingerprint density at radius 1 is 0.895 bits per heavy atom. The highest BCUT2D eigenvalue weighted by molar-refractivity contribution is 6.37. The van der Waals surface area contributed by atoms with Gasteiger partial charge in [0, 0.05) is 12.8 Å². The summed E-state index contributed by atoms with van der Waals surface area (Å²) in [6, 6.07) is 0. The number of ketones is 2. The molecule has 0 N–H and O–H groups in total. The van der Waals surface area contributed by atoms with E-state index in [0.29, 0.717) is 30.6 Å². The summed E-state index contributed by atoms with van der Waals surface area (Å²) in [4.78, 5) is 23.9. The molecule has 0 saturated heterocycles. The average Bonchev–Trinajstić information content (AvgIpc) is 2.41. The SMILES string of the molecule is CCCCC(C)CC(=O)C(=O)CC(CC)C(C)CC. The second-order valence-electron chi connectivity index (χ2n) is 6.06. The minimum Gasteiger partial charge on any atom is -0.291 e. The summed E-state index contributed by atoms with van der Waals surface area (Å²) >= 11 is 0. The first-order valence-corrected chi connectivity index (χ1v) is 8.02. The van der Waals surface area contributed by atoms with E-state index in [-0.39, 0.29) is 11.6 Å². The lowest BCUT2D eigenvalue weighted by atomic mass is 9.84. The molecule has 0 aromatic rings. The number of carbonyl (C=O) groups is 2. The molecule has 0 aliphatic carbocycles. The Balaban J connectivity index is 4.21. The van der Waals surface area contributed by atoms with E-state index in [1.54, 1.807) is 0 Å². The summed E-state index contributed by atoms with van der Waals surface area (Å²) in [6.45, 7) is 10.7. The molecule has 0 radical (unpaired) electrons. The lowest BCUT2D eigenvalue weighted by Gasteiger charge is -2.20. The number of Topliss-reactive ketones (excluding diaryl/α,β-unsaturated/α-hetero) is 2. The number of hydrogen-bond donors (Lipinski definition) is 0. The predicted molar refractivity (Wildman–Crippen MR) is 81.2 cm³/mol. The van der Waals surface area contributed by atoms with Gasteiger partial charge in [-0.25, -0.2) is 0 Å². The summed E-state index contributed by atoms with van der Waals surface area (Å²) in [5.41, 5.74) is 0. The first kappa shape index (κ1) is 18.3. The van der Waals surface area contributed by atoms with Crippen LogP contribution in [0.25, 0.3) is 0 Å². The molecule has 0 spiro atoms. The quantitative estimate of drug-likeness (QED) is 0.504. The monoisotopic (exact) mass is 268 g/mol. The Labute approximate surface area is 119 Å². The van der Waals surface area contributed by atoms with E-state index in [9.17, 15) is 9.59 Å². The predicted octanol–water partition coefficient (Wildman–Crippen LogP) is 4.80. The summed E-state index contributed by atoms with van der Waals surface area (Å²) in [5.74, 6) is 0.951. The zero-order valence-electron chi connectivity index (χ0n) is 13.5. The topological polar surface area (TPSA) is 34.1 Å². The second kappa shape index (κ2) is 10.2. The Hall–Kier alpha value is -0.660. The third kappa shape index (κ3) is 7.49. The third-order valence-electron chi connectivity index (χ3n) is 4.32. The van der Waals surface area contributed by atoms with Gasteiger partial charge in [0.15, 0.2) is 11.6 Å². The van der Waals surface area contributed by atoms with E-state index in [0.717, 1.165) is 32.1 Å². The molecule has 0 amide bonds. The van der Waals surface area contributed by atoms with Gasteiger partial charge in [0.05, 0.1) is 0 Å². The van der Waals surface area contributed by atoms with Gasteiger partial charge < -0.3 is 0 Å². The van der Waals surface area contributed by atoms with E-state index in [2.05, 4.69) is 34.6 Å². The van der Waals surface area contributed by atoms with Crippen molar-refractivity contribution < 1.29 is 9.59 Å². The van der Waals surface area contributed by atoms with Crippen molar-refractivity contribution in [2.24, 2.45) is 17.8 Å².